The Morgan fingerprint density at radius 2 is 2.00 bits per heavy atom. The van der Waals surface area contributed by atoms with Crippen LogP contribution in [0.25, 0.3) is 0 Å². The largest absolute Gasteiger partial charge is 0.271 e. The molecule has 96 valence electrons. The summed E-state index contributed by atoms with van der Waals surface area (Å²) in [5, 5.41) is 1.90. The summed E-state index contributed by atoms with van der Waals surface area (Å²) in [5.74, 6) is 4.35. The Hall–Kier alpha value is -0.820. The van der Waals surface area contributed by atoms with Gasteiger partial charge >= 0.3 is 0 Å². The molecule has 1 aromatic carbocycles. The van der Waals surface area contributed by atoms with Gasteiger partial charge in [0.25, 0.3) is 0 Å². The number of hydrogen-bond donors (Lipinski definition) is 2. The highest BCUT2D eigenvalue weighted by molar-refractivity contribution is 9.11. The van der Waals surface area contributed by atoms with E-state index in [2.05, 4.69) is 21.4 Å². The van der Waals surface area contributed by atoms with Gasteiger partial charge in [0.15, 0.2) is 0 Å². The molecule has 0 aliphatic carbocycles. The van der Waals surface area contributed by atoms with Crippen molar-refractivity contribution in [2.75, 3.05) is 0 Å². The third kappa shape index (κ3) is 2.95. The van der Waals surface area contributed by atoms with E-state index in [9.17, 15) is 8.78 Å². The Morgan fingerprint density at radius 3 is 2.50 bits per heavy atom. The SMILES string of the molecule is NNC(Cc1c(F)cccc1F)c1csc(Br)c1. The Labute approximate surface area is 116 Å². The Balaban J connectivity index is 2.26. The van der Waals surface area contributed by atoms with Crippen molar-refractivity contribution in [3.05, 3.63) is 56.2 Å². The highest BCUT2D eigenvalue weighted by Gasteiger charge is 2.17. The number of nitrogens with one attached hydrogen (secondary N) is 1. The summed E-state index contributed by atoms with van der Waals surface area (Å²) in [4.78, 5) is 0. The van der Waals surface area contributed by atoms with Crippen molar-refractivity contribution in [1.82, 2.24) is 5.43 Å². The van der Waals surface area contributed by atoms with E-state index in [4.69, 9.17) is 5.84 Å². The molecule has 2 nitrogen and oxygen atoms in total. The molecule has 2 rings (SSSR count). The van der Waals surface area contributed by atoms with E-state index in [-0.39, 0.29) is 18.0 Å². The normalized spacial score (nSPS) is 12.7. The first-order valence-corrected chi connectivity index (χ1v) is 6.92. The third-order valence-electron chi connectivity index (χ3n) is 2.66. The first-order valence-electron chi connectivity index (χ1n) is 5.24. The van der Waals surface area contributed by atoms with Gasteiger partial charge < -0.3 is 0 Å². The number of hydrazine groups is 1. The lowest BCUT2D eigenvalue weighted by molar-refractivity contribution is 0.500. The lowest BCUT2D eigenvalue weighted by Crippen LogP contribution is -2.29. The van der Waals surface area contributed by atoms with Gasteiger partial charge in [-0.3, -0.25) is 11.3 Å². The minimum atomic E-state index is -0.551. The van der Waals surface area contributed by atoms with Gasteiger partial charge in [0.1, 0.15) is 11.6 Å². The molecule has 3 N–H and O–H groups in total. The van der Waals surface area contributed by atoms with Gasteiger partial charge in [0.2, 0.25) is 0 Å². The maximum Gasteiger partial charge on any atom is 0.129 e. The molecule has 1 unspecified atom stereocenters. The summed E-state index contributed by atoms with van der Waals surface area (Å²) in [5.41, 5.74) is 3.53. The highest BCUT2D eigenvalue weighted by atomic mass is 79.9. The van der Waals surface area contributed by atoms with Gasteiger partial charge in [-0.05, 0) is 51.5 Å². The van der Waals surface area contributed by atoms with Crippen molar-refractivity contribution in [1.29, 1.82) is 0 Å². The number of halogens is 3. The number of hydrogen-bond acceptors (Lipinski definition) is 3. The van der Waals surface area contributed by atoms with Crippen molar-refractivity contribution in [3.8, 4) is 0 Å². The van der Waals surface area contributed by atoms with Gasteiger partial charge in [-0.1, -0.05) is 6.07 Å². The zero-order valence-corrected chi connectivity index (χ0v) is 11.7. The molecule has 0 aliphatic rings. The zero-order valence-electron chi connectivity index (χ0n) is 9.29. The topological polar surface area (TPSA) is 38.0 Å². The molecule has 6 heteroatoms. The third-order valence-corrected chi connectivity index (χ3v) is 4.18. The molecular formula is C12H11BrF2N2S. The summed E-state index contributed by atoms with van der Waals surface area (Å²) in [6, 6.07) is 5.40. The summed E-state index contributed by atoms with van der Waals surface area (Å²) >= 11 is 4.85. The summed E-state index contributed by atoms with van der Waals surface area (Å²) in [6.07, 6.45) is 0.165. The number of nitrogens with two attached hydrogens (primary N) is 1. The Morgan fingerprint density at radius 1 is 1.33 bits per heavy atom. The van der Waals surface area contributed by atoms with Crippen LogP contribution in [-0.2, 0) is 6.42 Å². The van der Waals surface area contributed by atoms with E-state index in [1.807, 2.05) is 11.4 Å². The van der Waals surface area contributed by atoms with Crippen LogP contribution in [0.5, 0.6) is 0 Å². The molecular weight excluding hydrogens is 322 g/mol. The molecule has 1 aromatic heterocycles. The van der Waals surface area contributed by atoms with Gasteiger partial charge in [-0.25, -0.2) is 8.78 Å². The molecule has 0 bridgehead atoms. The maximum atomic E-state index is 13.6. The minimum Gasteiger partial charge on any atom is -0.271 e. The van der Waals surface area contributed by atoms with E-state index in [1.54, 1.807) is 0 Å². The number of rotatable bonds is 4. The van der Waals surface area contributed by atoms with Gasteiger partial charge in [0.05, 0.1) is 9.83 Å². The lowest BCUT2D eigenvalue weighted by Gasteiger charge is -2.15. The predicted molar refractivity (Wildman–Crippen MR) is 72.1 cm³/mol. The standard InChI is InChI=1S/C12H11BrF2N2S/c13-12-4-7(6-18-12)11(17-16)5-8-9(14)2-1-3-10(8)15/h1-4,6,11,17H,5,16H2. The summed E-state index contributed by atoms with van der Waals surface area (Å²) < 4.78 is 28.1. The van der Waals surface area contributed by atoms with E-state index in [1.165, 1.54) is 29.5 Å². The van der Waals surface area contributed by atoms with Crippen LogP contribution < -0.4 is 11.3 Å². The zero-order chi connectivity index (χ0) is 13.1. The molecule has 0 fully saturated rings. The van der Waals surface area contributed by atoms with Gasteiger partial charge in [-0.2, -0.15) is 0 Å². The van der Waals surface area contributed by atoms with Crippen molar-refractivity contribution in [3.63, 3.8) is 0 Å². The van der Waals surface area contributed by atoms with Crippen molar-refractivity contribution in [2.24, 2.45) is 5.84 Å². The van der Waals surface area contributed by atoms with Crippen LogP contribution in [0, 0.1) is 11.6 Å². The molecule has 1 heterocycles. The molecule has 0 aliphatic heterocycles. The molecule has 18 heavy (non-hydrogen) atoms. The smallest absolute Gasteiger partial charge is 0.129 e. The second kappa shape index (κ2) is 5.88. The first-order chi connectivity index (χ1) is 8.61. The van der Waals surface area contributed by atoms with Crippen LogP contribution >= 0.6 is 27.3 Å². The second-order valence-electron chi connectivity index (χ2n) is 3.81. The van der Waals surface area contributed by atoms with E-state index in [0.717, 1.165) is 9.35 Å². The molecule has 2 aromatic rings. The average Bonchev–Trinajstić information content (AvgIpc) is 2.76. The number of thiophene rings is 1. The molecule has 0 spiro atoms. The molecule has 0 amide bonds. The number of benzene rings is 1. The first kappa shape index (κ1) is 13.6. The average molecular weight is 333 g/mol. The maximum absolute atomic E-state index is 13.6. The van der Waals surface area contributed by atoms with Gasteiger partial charge in [0, 0.05) is 5.56 Å². The lowest BCUT2D eigenvalue weighted by atomic mass is 10.0. The van der Waals surface area contributed by atoms with Crippen LogP contribution in [0.1, 0.15) is 17.2 Å². The highest BCUT2D eigenvalue weighted by Crippen LogP contribution is 2.28. The fourth-order valence-electron chi connectivity index (χ4n) is 1.71. The molecule has 0 saturated carbocycles. The Kier molecular flexibility index (Phi) is 4.45. The van der Waals surface area contributed by atoms with Crippen LogP contribution in [-0.4, -0.2) is 0 Å². The van der Waals surface area contributed by atoms with Crippen LogP contribution in [0.3, 0.4) is 0 Å². The molecule has 0 saturated heterocycles. The fraction of sp³-hybridized carbons (Fsp3) is 0.167. The van der Waals surface area contributed by atoms with Crippen molar-refractivity contribution >= 4 is 27.3 Å². The Bertz CT molecular complexity index is 524. The molecule has 1 atom stereocenters. The van der Waals surface area contributed by atoms with Crippen LogP contribution in [0.2, 0.25) is 0 Å². The second-order valence-corrected chi connectivity index (χ2v) is 6.10. The molecule has 0 radical (unpaired) electrons. The van der Waals surface area contributed by atoms with Crippen LogP contribution in [0.4, 0.5) is 8.78 Å². The predicted octanol–water partition coefficient (Wildman–Crippen LogP) is 3.54. The minimum absolute atomic E-state index is 0.0442. The van der Waals surface area contributed by atoms with E-state index >= 15 is 0 Å². The monoisotopic (exact) mass is 332 g/mol. The fourth-order valence-corrected chi connectivity index (χ4v) is 2.94. The van der Waals surface area contributed by atoms with Crippen molar-refractivity contribution in [2.45, 2.75) is 12.5 Å². The van der Waals surface area contributed by atoms with E-state index < -0.39 is 11.6 Å². The summed E-state index contributed by atoms with van der Waals surface area (Å²) in [7, 11) is 0. The van der Waals surface area contributed by atoms with Crippen LogP contribution in [0.15, 0.2) is 33.4 Å². The van der Waals surface area contributed by atoms with Crippen molar-refractivity contribution < 1.29 is 8.78 Å². The quantitative estimate of drug-likeness (QED) is 0.663. The summed E-state index contributed by atoms with van der Waals surface area (Å²) in [6.45, 7) is 0. The van der Waals surface area contributed by atoms with E-state index in [0.29, 0.717) is 0 Å². The van der Waals surface area contributed by atoms with Gasteiger partial charge in [-0.15, -0.1) is 11.3 Å².